The highest BCUT2D eigenvalue weighted by atomic mass is 16.5. The van der Waals surface area contributed by atoms with E-state index in [-0.39, 0.29) is 16.8 Å². The van der Waals surface area contributed by atoms with Crippen LogP contribution in [0, 0.1) is 10.8 Å². The Morgan fingerprint density at radius 3 is 1.93 bits per heavy atom. The van der Waals surface area contributed by atoms with Gasteiger partial charge in [0.25, 0.3) is 0 Å². The monoisotopic (exact) mass is 212 g/mol. The molecule has 0 N–H and O–H groups in total. The highest BCUT2D eigenvalue weighted by Crippen LogP contribution is 2.43. The van der Waals surface area contributed by atoms with E-state index in [1.54, 1.807) is 0 Å². The van der Waals surface area contributed by atoms with Gasteiger partial charge in [0.05, 0.1) is 13.5 Å². The van der Waals surface area contributed by atoms with Crippen LogP contribution in [0.5, 0.6) is 0 Å². The van der Waals surface area contributed by atoms with E-state index in [4.69, 9.17) is 4.74 Å². The predicted octanol–water partition coefficient (Wildman–Crippen LogP) is 3.57. The lowest BCUT2D eigenvalue weighted by Gasteiger charge is -2.39. The lowest BCUT2D eigenvalue weighted by Crippen LogP contribution is -2.33. The fourth-order valence-electron chi connectivity index (χ4n) is 1.54. The van der Waals surface area contributed by atoms with E-state index in [9.17, 15) is 4.79 Å². The van der Waals surface area contributed by atoms with Crippen molar-refractivity contribution in [3.05, 3.63) is 11.6 Å². The molecule has 0 aliphatic carbocycles. The van der Waals surface area contributed by atoms with Crippen molar-refractivity contribution < 1.29 is 9.53 Å². The number of carbonyl (C=O) groups is 1. The third-order valence-corrected chi connectivity index (χ3v) is 3.06. The van der Waals surface area contributed by atoms with Gasteiger partial charge in [0, 0.05) is 5.41 Å². The van der Waals surface area contributed by atoms with Gasteiger partial charge in [0.15, 0.2) is 0 Å². The van der Waals surface area contributed by atoms with Crippen molar-refractivity contribution >= 4 is 5.97 Å². The molecule has 0 amide bonds. The van der Waals surface area contributed by atoms with Gasteiger partial charge in [-0.25, -0.2) is 0 Å². The van der Waals surface area contributed by atoms with Crippen LogP contribution < -0.4 is 0 Å². The second kappa shape index (κ2) is 4.82. The van der Waals surface area contributed by atoms with E-state index in [1.165, 1.54) is 12.7 Å². The van der Waals surface area contributed by atoms with Gasteiger partial charge in [-0.2, -0.15) is 0 Å². The molecule has 0 aromatic rings. The number of allylic oxidation sites excluding steroid dienone is 2. The quantitative estimate of drug-likeness (QED) is 0.528. The lowest BCUT2D eigenvalue weighted by atomic mass is 9.65. The second-order valence-electron chi connectivity index (χ2n) is 5.64. The average Bonchev–Trinajstić information content (AvgIpc) is 2.00. The fourth-order valence-corrected chi connectivity index (χ4v) is 1.54. The summed E-state index contributed by atoms with van der Waals surface area (Å²) in [5.74, 6) is -0.148. The fraction of sp³-hybridized carbons (Fsp3) is 0.769. The molecule has 0 heterocycles. The topological polar surface area (TPSA) is 26.3 Å². The normalized spacial score (nSPS) is 15.4. The standard InChI is InChI=1S/C13H24O2/c1-10(2)8-13(6,12(3,4)5)9-11(14)15-7/h8H,9H2,1-7H3. The van der Waals surface area contributed by atoms with Crippen molar-refractivity contribution in [2.24, 2.45) is 10.8 Å². The molecule has 15 heavy (non-hydrogen) atoms. The van der Waals surface area contributed by atoms with Crippen LogP contribution >= 0.6 is 0 Å². The number of hydrogen-bond donors (Lipinski definition) is 0. The molecule has 0 aromatic heterocycles. The molecule has 0 bridgehead atoms. The van der Waals surface area contributed by atoms with Crippen LogP contribution in [0.2, 0.25) is 0 Å². The summed E-state index contributed by atoms with van der Waals surface area (Å²) in [4.78, 5) is 11.4. The minimum Gasteiger partial charge on any atom is -0.469 e. The second-order valence-corrected chi connectivity index (χ2v) is 5.64. The van der Waals surface area contributed by atoms with Gasteiger partial charge in [-0.15, -0.1) is 0 Å². The summed E-state index contributed by atoms with van der Waals surface area (Å²) < 4.78 is 4.75. The molecule has 2 heteroatoms. The van der Waals surface area contributed by atoms with Crippen molar-refractivity contribution in [3.8, 4) is 0 Å². The van der Waals surface area contributed by atoms with E-state index < -0.39 is 0 Å². The molecular formula is C13H24O2. The van der Waals surface area contributed by atoms with Gasteiger partial charge < -0.3 is 4.74 Å². The van der Waals surface area contributed by atoms with Crippen molar-refractivity contribution in [3.63, 3.8) is 0 Å². The zero-order valence-corrected chi connectivity index (χ0v) is 11.1. The molecule has 1 unspecified atom stereocenters. The smallest absolute Gasteiger partial charge is 0.306 e. The number of carbonyl (C=O) groups excluding carboxylic acids is 1. The first-order valence-corrected chi connectivity index (χ1v) is 5.35. The molecule has 0 fully saturated rings. The van der Waals surface area contributed by atoms with E-state index in [0.29, 0.717) is 6.42 Å². The zero-order valence-electron chi connectivity index (χ0n) is 11.1. The predicted molar refractivity (Wildman–Crippen MR) is 63.6 cm³/mol. The third kappa shape index (κ3) is 4.06. The molecular weight excluding hydrogens is 188 g/mol. The van der Waals surface area contributed by atoms with E-state index in [1.807, 2.05) is 0 Å². The number of hydrogen-bond acceptors (Lipinski definition) is 2. The third-order valence-electron chi connectivity index (χ3n) is 3.06. The molecule has 88 valence electrons. The molecule has 0 aliphatic heterocycles. The summed E-state index contributed by atoms with van der Waals surface area (Å²) >= 11 is 0. The maximum Gasteiger partial charge on any atom is 0.306 e. The van der Waals surface area contributed by atoms with E-state index in [0.717, 1.165) is 0 Å². The molecule has 0 aliphatic rings. The Bertz CT molecular complexity index is 254. The minimum absolute atomic E-state index is 0.0401. The number of esters is 1. The van der Waals surface area contributed by atoms with Crippen LogP contribution in [0.15, 0.2) is 11.6 Å². The lowest BCUT2D eigenvalue weighted by molar-refractivity contribution is -0.144. The van der Waals surface area contributed by atoms with Gasteiger partial charge in [-0.05, 0) is 19.3 Å². The van der Waals surface area contributed by atoms with Crippen molar-refractivity contribution in [1.82, 2.24) is 0 Å². The molecule has 0 spiro atoms. The number of rotatable bonds is 3. The zero-order chi connectivity index (χ0) is 12.3. The maximum absolute atomic E-state index is 11.4. The first-order valence-electron chi connectivity index (χ1n) is 5.35. The molecule has 2 nitrogen and oxygen atoms in total. The van der Waals surface area contributed by atoms with Crippen LogP contribution in [0.25, 0.3) is 0 Å². The Kier molecular flexibility index (Phi) is 4.57. The summed E-state index contributed by atoms with van der Waals surface area (Å²) in [5, 5.41) is 0. The Morgan fingerprint density at radius 1 is 1.20 bits per heavy atom. The molecule has 0 radical (unpaired) electrons. The number of ether oxygens (including phenoxy) is 1. The molecule has 0 saturated carbocycles. The van der Waals surface area contributed by atoms with Gasteiger partial charge in [-0.1, -0.05) is 39.3 Å². The van der Waals surface area contributed by atoms with Crippen LogP contribution in [-0.4, -0.2) is 13.1 Å². The summed E-state index contributed by atoms with van der Waals surface area (Å²) in [7, 11) is 1.44. The first kappa shape index (κ1) is 14.2. The van der Waals surface area contributed by atoms with Crippen LogP contribution in [-0.2, 0) is 9.53 Å². The molecule has 0 rings (SSSR count). The number of methoxy groups -OCH3 is 1. The Hall–Kier alpha value is -0.790. The van der Waals surface area contributed by atoms with Gasteiger partial charge in [0.2, 0.25) is 0 Å². The average molecular weight is 212 g/mol. The van der Waals surface area contributed by atoms with E-state index >= 15 is 0 Å². The van der Waals surface area contributed by atoms with Crippen molar-refractivity contribution in [2.75, 3.05) is 7.11 Å². The Balaban J connectivity index is 5.05. The first-order chi connectivity index (χ1) is 6.62. The molecule has 1 atom stereocenters. The van der Waals surface area contributed by atoms with Crippen LogP contribution in [0.4, 0.5) is 0 Å². The maximum atomic E-state index is 11.4. The summed E-state index contributed by atoms with van der Waals surface area (Å²) in [6.45, 7) is 12.7. The van der Waals surface area contributed by atoms with Gasteiger partial charge in [-0.3, -0.25) is 4.79 Å². The van der Waals surface area contributed by atoms with Crippen molar-refractivity contribution in [2.45, 2.75) is 48.0 Å². The molecule has 0 aromatic carbocycles. The van der Waals surface area contributed by atoms with E-state index in [2.05, 4.69) is 47.6 Å². The highest BCUT2D eigenvalue weighted by molar-refractivity contribution is 5.70. The minimum atomic E-state index is -0.154. The van der Waals surface area contributed by atoms with Crippen LogP contribution in [0.3, 0.4) is 0 Å². The molecule has 0 saturated heterocycles. The SMILES string of the molecule is COC(=O)CC(C)(C=C(C)C)C(C)(C)C. The Labute approximate surface area is 93.7 Å². The van der Waals surface area contributed by atoms with Crippen LogP contribution in [0.1, 0.15) is 48.0 Å². The summed E-state index contributed by atoms with van der Waals surface area (Å²) in [5.41, 5.74) is 1.12. The highest BCUT2D eigenvalue weighted by Gasteiger charge is 2.37. The Morgan fingerprint density at radius 2 is 1.67 bits per heavy atom. The van der Waals surface area contributed by atoms with Crippen molar-refractivity contribution in [1.29, 1.82) is 0 Å². The van der Waals surface area contributed by atoms with Gasteiger partial charge >= 0.3 is 5.97 Å². The summed E-state index contributed by atoms with van der Waals surface area (Å²) in [6.07, 6.45) is 2.60. The summed E-state index contributed by atoms with van der Waals surface area (Å²) in [6, 6.07) is 0. The largest absolute Gasteiger partial charge is 0.469 e. The van der Waals surface area contributed by atoms with Gasteiger partial charge in [0.1, 0.15) is 0 Å².